The molecule has 4 heteroatoms. The molecule has 17 heavy (non-hydrogen) atoms. The van der Waals surface area contributed by atoms with E-state index >= 15 is 0 Å². The number of hydrogen-bond acceptors (Lipinski definition) is 3. The summed E-state index contributed by atoms with van der Waals surface area (Å²) in [6.07, 6.45) is 1.78. The fourth-order valence-corrected chi connectivity index (χ4v) is 2.18. The second-order valence-corrected chi connectivity index (χ2v) is 5.22. The maximum atomic E-state index is 12.0. The molecule has 1 fully saturated rings. The molecule has 1 heterocycles. The van der Waals surface area contributed by atoms with Crippen LogP contribution in [0.5, 0.6) is 0 Å². The van der Waals surface area contributed by atoms with Gasteiger partial charge in [0.25, 0.3) is 0 Å². The number of rotatable bonds is 5. The molecule has 0 aromatic rings. The lowest BCUT2D eigenvalue weighted by Crippen LogP contribution is -2.51. The molecule has 0 saturated carbocycles. The number of hydrogen-bond donors (Lipinski definition) is 1. The van der Waals surface area contributed by atoms with Gasteiger partial charge in [-0.3, -0.25) is 9.69 Å². The average molecular weight is 241 g/mol. The van der Waals surface area contributed by atoms with Gasteiger partial charge in [0.15, 0.2) is 0 Å². The SMILES string of the molecule is CCC(C)N1CCN(C(=O)CC(C)CN)CC1. The molecule has 0 spiro atoms. The highest BCUT2D eigenvalue weighted by atomic mass is 16.2. The predicted molar refractivity (Wildman–Crippen MR) is 70.7 cm³/mol. The number of amides is 1. The highest BCUT2D eigenvalue weighted by molar-refractivity contribution is 5.76. The smallest absolute Gasteiger partial charge is 0.222 e. The van der Waals surface area contributed by atoms with Crippen LogP contribution in [-0.2, 0) is 4.79 Å². The molecule has 0 radical (unpaired) electrons. The molecule has 0 aromatic carbocycles. The van der Waals surface area contributed by atoms with Crippen LogP contribution in [0.15, 0.2) is 0 Å². The maximum absolute atomic E-state index is 12.0. The van der Waals surface area contributed by atoms with Gasteiger partial charge in [0.05, 0.1) is 0 Å². The van der Waals surface area contributed by atoms with Crippen LogP contribution < -0.4 is 5.73 Å². The minimum absolute atomic E-state index is 0.270. The van der Waals surface area contributed by atoms with Crippen molar-refractivity contribution in [1.29, 1.82) is 0 Å². The summed E-state index contributed by atoms with van der Waals surface area (Å²) >= 11 is 0. The van der Waals surface area contributed by atoms with Crippen molar-refractivity contribution in [2.75, 3.05) is 32.7 Å². The van der Waals surface area contributed by atoms with E-state index < -0.39 is 0 Å². The molecule has 2 atom stereocenters. The fraction of sp³-hybridized carbons (Fsp3) is 0.923. The minimum atomic E-state index is 0.270. The van der Waals surface area contributed by atoms with E-state index in [2.05, 4.69) is 18.7 Å². The van der Waals surface area contributed by atoms with E-state index in [-0.39, 0.29) is 5.91 Å². The van der Waals surface area contributed by atoms with Crippen molar-refractivity contribution >= 4 is 5.91 Å². The van der Waals surface area contributed by atoms with Gasteiger partial charge in [0.1, 0.15) is 0 Å². The van der Waals surface area contributed by atoms with Crippen molar-refractivity contribution in [2.24, 2.45) is 11.7 Å². The molecule has 1 amide bonds. The number of nitrogens with two attached hydrogens (primary N) is 1. The van der Waals surface area contributed by atoms with E-state index in [0.29, 0.717) is 24.9 Å². The standard InChI is InChI=1S/C13H27N3O/c1-4-12(3)15-5-7-16(8-6-15)13(17)9-11(2)10-14/h11-12H,4-10,14H2,1-3H3. The second-order valence-electron chi connectivity index (χ2n) is 5.22. The van der Waals surface area contributed by atoms with Gasteiger partial charge in [-0.15, -0.1) is 0 Å². The quantitative estimate of drug-likeness (QED) is 0.778. The van der Waals surface area contributed by atoms with Crippen molar-refractivity contribution in [3.8, 4) is 0 Å². The largest absolute Gasteiger partial charge is 0.340 e. The molecular weight excluding hydrogens is 214 g/mol. The van der Waals surface area contributed by atoms with Gasteiger partial charge < -0.3 is 10.6 Å². The molecule has 1 aliphatic rings. The third-order valence-electron chi connectivity index (χ3n) is 3.81. The molecule has 1 rings (SSSR count). The first-order chi connectivity index (χ1) is 8.08. The molecule has 2 unspecified atom stereocenters. The van der Waals surface area contributed by atoms with E-state index in [9.17, 15) is 4.79 Å². The van der Waals surface area contributed by atoms with Gasteiger partial charge in [-0.25, -0.2) is 0 Å². The Hall–Kier alpha value is -0.610. The Labute approximate surface area is 105 Å². The van der Waals surface area contributed by atoms with Gasteiger partial charge >= 0.3 is 0 Å². The fourth-order valence-electron chi connectivity index (χ4n) is 2.18. The predicted octanol–water partition coefficient (Wildman–Crippen LogP) is 0.914. The summed E-state index contributed by atoms with van der Waals surface area (Å²) < 4.78 is 0. The molecule has 1 aliphatic heterocycles. The first-order valence-electron chi connectivity index (χ1n) is 6.80. The molecule has 0 bridgehead atoms. The summed E-state index contributed by atoms with van der Waals surface area (Å²) in [7, 11) is 0. The van der Waals surface area contributed by atoms with E-state index in [0.717, 1.165) is 26.2 Å². The molecule has 0 aromatic heterocycles. The second kappa shape index (κ2) is 6.97. The van der Waals surface area contributed by atoms with E-state index in [1.807, 2.05) is 11.8 Å². The zero-order chi connectivity index (χ0) is 12.8. The van der Waals surface area contributed by atoms with Crippen molar-refractivity contribution < 1.29 is 4.79 Å². The van der Waals surface area contributed by atoms with Crippen molar-refractivity contribution in [2.45, 2.75) is 39.7 Å². The number of carbonyl (C=O) groups excluding carboxylic acids is 1. The summed E-state index contributed by atoms with van der Waals surface area (Å²) in [4.78, 5) is 16.4. The number of carbonyl (C=O) groups is 1. The van der Waals surface area contributed by atoms with Crippen molar-refractivity contribution in [3.05, 3.63) is 0 Å². The molecule has 0 aliphatic carbocycles. The van der Waals surface area contributed by atoms with Gasteiger partial charge in [0.2, 0.25) is 5.91 Å². The van der Waals surface area contributed by atoms with Crippen LogP contribution in [0.3, 0.4) is 0 Å². The van der Waals surface area contributed by atoms with Gasteiger partial charge in [-0.1, -0.05) is 13.8 Å². The van der Waals surface area contributed by atoms with Gasteiger partial charge in [-0.05, 0) is 25.8 Å². The first-order valence-corrected chi connectivity index (χ1v) is 6.80. The van der Waals surface area contributed by atoms with Crippen molar-refractivity contribution in [1.82, 2.24) is 9.80 Å². The summed E-state index contributed by atoms with van der Waals surface area (Å²) in [5.74, 6) is 0.571. The van der Waals surface area contributed by atoms with Crippen LogP contribution in [-0.4, -0.2) is 54.5 Å². The third-order valence-corrected chi connectivity index (χ3v) is 3.81. The lowest BCUT2D eigenvalue weighted by Gasteiger charge is -2.38. The summed E-state index contributed by atoms with van der Waals surface area (Å²) in [6, 6.07) is 0.634. The lowest BCUT2D eigenvalue weighted by molar-refractivity contribution is -0.134. The Balaban J connectivity index is 2.33. The summed E-state index contributed by atoms with van der Waals surface area (Å²) in [5.41, 5.74) is 5.55. The Kier molecular flexibility index (Phi) is 5.92. The molecule has 2 N–H and O–H groups in total. The minimum Gasteiger partial charge on any atom is -0.340 e. The Bertz CT molecular complexity index is 237. The van der Waals surface area contributed by atoms with Gasteiger partial charge in [-0.2, -0.15) is 0 Å². The highest BCUT2D eigenvalue weighted by Crippen LogP contribution is 2.11. The molecule has 100 valence electrons. The normalized spacial score (nSPS) is 21.3. The lowest BCUT2D eigenvalue weighted by atomic mass is 10.1. The number of nitrogens with zero attached hydrogens (tertiary/aromatic N) is 2. The molecule has 1 saturated heterocycles. The zero-order valence-corrected chi connectivity index (χ0v) is 11.5. The van der Waals surface area contributed by atoms with E-state index in [1.165, 1.54) is 6.42 Å². The first kappa shape index (κ1) is 14.5. The van der Waals surface area contributed by atoms with Crippen LogP contribution in [0.25, 0.3) is 0 Å². The topological polar surface area (TPSA) is 49.6 Å². The average Bonchev–Trinajstić information content (AvgIpc) is 2.37. The highest BCUT2D eigenvalue weighted by Gasteiger charge is 2.23. The van der Waals surface area contributed by atoms with Gasteiger partial charge in [0, 0.05) is 38.6 Å². The van der Waals surface area contributed by atoms with Crippen LogP contribution >= 0.6 is 0 Å². The number of piperazine rings is 1. The van der Waals surface area contributed by atoms with Crippen LogP contribution in [0.2, 0.25) is 0 Å². The molecular formula is C13H27N3O. The zero-order valence-electron chi connectivity index (χ0n) is 11.5. The summed E-state index contributed by atoms with van der Waals surface area (Å²) in [6.45, 7) is 10.9. The van der Waals surface area contributed by atoms with Crippen LogP contribution in [0.1, 0.15) is 33.6 Å². The third kappa shape index (κ3) is 4.28. The van der Waals surface area contributed by atoms with E-state index in [4.69, 9.17) is 5.73 Å². The Morgan fingerprint density at radius 3 is 2.29 bits per heavy atom. The van der Waals surface area contributed by atoms with Crippen LogP contribution in [0, 0.1) is 5.92 Å². The Morgan fingerprint density at radius 2 is 1.82 bits per heavy atom. The van der Waals surface area contributed by atoms with E-state index in [1.54, 1.807) is 0 Å². The maximum Gasteiger partial charge on any atom is 0.222 e. The molecule has 4 nitrogen and oxygen atoms in total. The van der Waals surface area contributed by atoms with Crippen molar-refractivity contribution in [3.63, 3.8) is 0 Å². The summed E-state index contributed by atoms with van der Waals surface area (Å²) in [5, 5.41) is 0. The van der Waals surface area contributed by atoms with Crippen LogP contribution in [0.4, 0.5) is 0 Å². The Morgan fingerprint density at radius 1 is 1.24 bits per heavy atom. The monoisotopic (exact) mass is 241 g/mol.